The van der Waals surface area contributed by atoms with Crippen molar-refractivity contribution < 1.29 is 19.1 Å². The van der Waals surface area contributed by atoms with Crippen molar-refractivity contribution in [1.82, 2.24) is 0 Å². The molecule has 4 nitrogen and oxygen atoms in total. The number of hydrogen-bond acceptors (Lipinski definition) is 6. The Morgan fingerprint density at radius 1 is 1.00 bits per heavy atom. The fourth-order valence-corrected chi connectivity index (χ4v) is 0.877. The summed E-state index contributed by atoms with van der Waals surface area (Å²) in [6.07, 6.45) is 0.351. The van der Waals surface area contributed by atoms with Crippen LogP contribution in [0.5, 0.6) is 0 Å². The molecule has 0 aliphatic heterocycles. The van der Waals surface area contributed by atoms with E-state index in [2.05, 4.69) is 30.0 Å². The number of carbonyl (C=O) groups excluding carboxylic acids is 2. The molecule has 0 saturated carbocycles. The van der Waals surface area contributed by atoms with Crippen molar-refractivity contribution in [1.29, 1.82) is 0 Å². The average Bonchev–Trinajstić information content (AvgIpc) is 2.22. The summed E-state index contributed by atoms with van der Waals surface area (Å²) in [6.45, 7) is 0.853. The molecule has 0 radical (unpaired) electrons. The van der Waals surface area contributed by atoms with Crippen LogP contribution in [0.1, 0.15) is 6.42 Å². The summed E-state index contributed by atoms with van der Waals surface area (Å²) in [4.78, 5) is 21.3. The van der Waals surface area contributed by atoms with Crippen LogP contribution in [-0.2, 0) is 19.1 Å². The van der Waals surface area contributed by atoms with Gasteiger partial charge in [0.1, 0.15) is 12.4 Å². The summed E-state index contributed by atoms with van der Waals surface area (Å²) >= 11 is 7.55. The van der Waals surface area contributed by atoms with Crippen molar-refractivity contribution in [2.24, 2.45) is 0 Å². The lowest BCUT2D eigenvalue weighted by Crippen LogP contribution is -2.13. The van der Waals surface area contributed by atoms with Gasteiger partial charge in [-0.05, 0) is 0 Å². The van der Waals surface area contributed by atoms with Crippen molar-refractivity contribution in [3.63, 3.8) is 0 Å². The number of rotatable bonds is 8. The molecule has 0 aliphatic carbocycles. The largest absolute Gasteiger partial charge is 0.463 e. The quantitative estimate of drug-likeness (QED) is 0.364. The number of esters is 1. The second-order valence-corrected chi connectivity index (χ2v) is 3.07. The lowest BCUT2D eigenvalue weighted by molar-refractivity contribution is -0.142. The van der Waals surface area contributed by atoms with Gasteiger partial charge in [0.05, 0.1) is 19.0 Å². The van der Waals surface area contributed by atoms with Gasteiger partial charge < -0.3 is 9.47 Å². The Balaban J connectivity index is 3.14. The van der Waals surface area contributed by atoms with Crippen LogP contribution in [0.4, 0.5) is 0 Å². The molecule has 0 atom stereocenters. The van der Waals surface area contributed by atoms with Crippen LogP contribution in [0, 0.1) is 0 Å². The zero-order valence-corrected chi connectivity index (χ0v) is 9.56. The molecule has 0 fully saturated rings. The first kappa shape index (κ1) is 13.8. The van der Waals surface area contributed by atoms with Crippen molar-refractivity contribution in [2.45, 2.75) is 6.42 Å². The molecule has 0 bridgehead atoms. The molecule has 0 N–H and O–H groups in total. The highest BCUT2D eigenvalue weighted by molar-refractivity contribution is 7.81. The predicted molar refractivity (Wildman–Crippen MR) is 59.1 cm³/mol. The molecule has 82 valence electrons. The molecular weight excluding hydrogens is 224 g/mol. The van der Waals surface area contributed by atoms with Crippen LogP contribution in [0.3, 0.4) is 0 Å². The van der Waals surface area contributed by atoms with Crippen LogP contribution >= 0.6 is 25.3 Å². The van der Waals surface area contributed by atoms with Crippen LogP contribution in [-0.4, -0.2) is 43.1 Å². The topological polar surface area (TPSA) is 52.6 Å². The van der Waals surface area contributed by atoms with Crippen molar-refractivity contribution in [3.05, 3.63) is 0 Å². The van der Waals surface area contributed by atoms with Gasteiger partial charge in [-0.15, -0.1) is 0 Å². The Morgan fingerprint density at radius 3 is 2.29 bits per heavy atom. The van der Waals surface area contributed by atoms with E-state index < -0.39 is 0 Å². The lowest BCUT2D eigenvalue weighted by atomic mass is 10.3. The third-order valence-electron chi connectivity index (χ3n) is 1.32. The number of ether oxygens (including phenoxy) is 2. The third-order valence-corrected chi connectivity index (χ3v) is 1.93. The van der Waals surface area contributed by atoms with E-state index in [0.717, 1.165) is 0 Å². The highest BCUT2D eigenvalue weighted by atomic mass is 32.1. The minimum absolute atomic E-state index is 0.0423. The summed E-state index contributed by atoms with van der Waals surface area (Å²) in [7, 11) is 0. The molecular formula is C8H14O4S2. The molecule has 0 rings (SSSR count). The zero-order valence-electron chi connectivity index (χ0n) is 7.77. The molecule has 14 heavy (non-hydrogen) atoms. The first-order valence-electron chi connectivity index (χ1n) is 4.17. The van der Waals surface area contributed by atoms with Crippen LogP contribution in [0.15, 0.2) is 0 Å². The Hall–Kier alpha value is -0.200. The smallest absolute Gasteiger partial charge is 0.315 e. The van der Waals surface area contributed by atoms with Crippen LogP contribution in [0.25, 0.3) is 0 Å². The molecule has 6 heteroatoms. The predicted octanol–water partition coefficient (Wildman–Crippen LogP) is 0.365. The van der Waals surface area contributed by atoms with E-state index in [-0.39, 0.29) is 29.9 Å². The third kappa shape index (κ3) is 8.40. The van der Waals surface area contributed by atoms with Gasteiger partial charge >= 0.3 is 5.97 Å². The Bertz CT molecular complexity index is 164. The second kappa shape index (κ2) is 9.36. The summed E-state index contributed by atoms with van der Waals surface area (Å²) in [5, 5.41) is 0. The normalized spacial score (nSPS) is 9.86. The van der Waals surface area contributed by atoms with E-state index >= 15 is 0 Å². The number of hydrogen-bond donors (Lipinski definition) is 2. The number of Topliss-reactive ketones (excluding diaryl/α,β-unsaturated/α-hetero) is 1. The van der Waals surface area contributed by atoms with Gasteiger partial charge in [0.2, 0.25) is 0 Å². The minimum Gasteiger partial charge on any atom is -0.463 e. The summed E-state index contributed by atoms with van der Waals surface area (Å²) in [5.74, 6) is -0.0279. The maximum atomic E-state index is 10.7. The highest BCUT2D eigenvalue weighted by Gasteiger charge is 2.00. The van der Waals surface area contributed by atoms with Gasteiger partial charge in [0, 0.05) is 12.2 Å². The number of thiol groups is 2. The van der Waals surface area contributed by atoms with Gasteiger partial charge in [-0.3, -0.25) is 9.59 Å². The number of carbonyl (C=O) groups is 2. The molecule has 0 saturated heterocycles. The Kier molecular flexibility index (Phi) is 9.23. The maximum absolute atomic E-state index is 10.7. The Labute approximate surface area is 94.2 Å². The van der Waals surface area contributed by atoms with Crippen molar-refractivity contribution >= 4 is 37.0 Å². The molecule has 0 aromatic carbocycles. The van der Waals surface area contributed by atoms with E-state index in [9.17, 15) is 9.59 Å². The molecule has 0 spiro atoms. The van der Waals surface area contributed by atoms with E-state index in [4.69, 9.17) is 4.74 Å². The second-order valence-electron chi connectivity index (χ2n) is 2.44. The molecule has 0 aromatic rings. The lowest BCUT2D eigenvalue weighted by Gasteiger charge is -2.03. The fraction of sp³-hybridized carbons (Fsp3) is 0.750. The van der Waals surface area contributed by atoms with E-state index in [1.165, 1.54) is 0 Å². The fourth-order valence-electron chi connectivity index (χ4n) is 0.627. The van der Waals surface area contributed by atoms with Crippen LogP contribution in [0.2, 0.25) is 0 Å². The van der Waals surface area contributed by atoms with E-state index in [0.29, 0.717) is 19.6 Å². The summed E-state index contributed by atoms with van der Waals surface area (Å²) < 4.78 is 9.73. The van der Waals surface area contributed by atoms with E-state index in [1.54, 1.807) is 0 Å². The highest BCUT2D eigenvalue weighted by Crippen LogP contribution is 1.89. The van der Waals surface area contributed by atoms with Gasteiger partial charge in [-0.2, -0.15) is 25.3 Å². The first-order chi connectivity index (χ1) is 6.70. The van der Waals surface area contributed by atoms with Crippen molar-refractivity contribution in [2.75, 3.05) is 31.3 Å². The van der Waals surface area contributed by atoms with Gasteiger partial charge in [0.15, 0.2) is 0 Å². The summed E-state index contributed by atoms with van der Waals surface area (Å²) in [5.41, 5.74) is 0. The molecule has 0 heterocycles. The summed E-state index contributed by atoms with van der Waals surface area (Å²) in [6, 6.07) is 0. The SMILES string of the molecule is O=C(CS)CCOCCOC(=O)CS. The van der Waals surface area contributed by atoms with E-state index in [1.807, 2.05) is 0 Å². The van der Waals surface area contributed by atoms with Crippen molar-refractivity contribution in [3.8, 4) is 0 Å². The maximum Gasteiger partial charge on any atom is 0.315 e. The first-order valence-corrected chi connectivity index (χ1v) is 5.44. The average molecular weight is 238 g/mol. The molecule has 0 aliphatic rings. The molecule has 0 unspecified atom stereocenters. The number of ketones is 1. The minimum atomic E-state index is -0.372. The van der Waals surface area contributed by atoms with Gasteiger partial charge in [-0.1, -0.05) is 0 Å². The standard InChI is InChI=1S/C8H14O4S2/c9-7(5-13)1-2-11-3-4-12-8(10)6-14/h13-14H,1-6H2. The van der Waals surface area contributed by atoms with Crippen LogP contribution < -0.4 is 0 Å². The van der Waals surface area contributed by atoms with Gasteiger partial charge in [-0.25, -0.2) is 0 Å². The molecule has 0 aromatic heterocycles. The van der Waals surface area contributed by atoms with Gasteiger partial charge in [0.25, 0.3) is 0 Å². The zero-order chi connectivity index (χ0) is 10.8. The molecule has 0 amide bonds. The Morgan fingerprint density at radius 2 is 1.71 bits per heavy atom. The monoisotopic (exact) mass is 238 g/mol.